The van der Waals surface area contributed by atoms with E-state index < -0.39 is 17.6 Å². The van der Waals surface area contributed by atoms with Crippen molar-refractivity contribution < 1.29 is 28.5 Å². The van der Waals surface area contributed by atoms with Gasteiger partial charge in [0.05, 0.1) is 6.61 Å². The Balaban J connectivity index is 1.20. The van der Waals surface area contributed by atoms with Crippen molar-refractivity contribution in [3.8, 4) is 11.5 Å². The first-order valence-corrected chi connectivity index (χ1v) is 8.90. The molecule has 1 aromatic rings. The molecule has 2 aliphatic heterocycles. The SMILES string of the molecule is O=C(NCc1ccc2c(c1)OCO2)C(=O)NCC1COC2(CCCC2)O1. The van der Waals surface area contributed by atoms with Crippen LogP contribution in [0.2, 0.25) is 0 Å². The monoisotopic (exact) mass is 362 g/mol. The van der Waals surface area contributed by atoms with Gasteiger partial charge in [-0.3, -0.25) is 9.59 Å². The predicted molar refractivity (Wildman–Crippen MR) is 89.4 cm³/mol. The third kappa shape index (κ3) is 3.61. The zero-order chi connectivity index (χ0) is 18.0. The van der Waals surface area contributed by atoms with Crippen LogP contribution in [-0.4, -0.2) is 43.7 Å². The normalized spacial score (nSPS) is 22.5. The van der Waals surface area contributed by atoms with Gasteiger partial charge in [-0.05, 0) is 30.5 Å². The lowest BCUT2D eigenvalue weighted by Crippen LogP contribution is -2.43. The maximum absolute atomic E-state index is 12.0. The highest BCUT2D eigenvalue weighted by molar-refractivity contribution is 6.35. The maximum Gasteiger partial charge on any atom is 0.309 e. The number of ether oxygens (including phenoxy) is 4. The van der Waals surface area contributed by atoms with Gasteiger partial charge in [-0.25, -0.2) is 0 Å². The molecule has 2 N–H and O–H groups in total. The molecule has 140 valence electrons. The van der Waals surface area contributed by atoms with E-state index in [2.05, 4.69) is 10.6 Å². The van der Waals surface area contributed by atoms with Gasteiger partial charge in [-0.2, -0.15) is 0 Å². The molecule has 0 radical (unpaired) electrons. The molecule has 1 spiro atoms. The zero-order valence-corrected chi connectivity index (χ0v) is 14.4. The molecule has 1 saturated carbocycles. The molecule has 8 heteroatoms. The third-order valence-electron chi connectivity index (χ3n) is 4.87. The maximum atomic E-state index is 12.0. The van der Waals surface area contributed by atoms with E-state index in [1.54, 1.807) is 12.1 Å². The first-order chi connectivity index (χ1) is 12.6. The number of benzene rings is 1. The Bertz CT molecular complexity index is 701. The number of rotatable bonds is 4. The molecule has 2 fully saturated rings. The molecule has 0 aromatic heterocycles. The van der Waals surface area contributed by atoms with Crippen molar-refractivity contribution in [1.29, 1.82) is 0 Å². The van der Waals surface area contributed by atoms with Gasteiger partial charge in [0.25, 0.3) is 0 Å². The summed E-state index contributed by atoms with van der Waals surface area (Å²) in [5, 5.41) is 5.20. The molecule has 2 amide bonds. The molecule has 1 saturated heterocycles. The number of hydrogen-bond donors (Lipinski definition) is 2. The second-order valence-corrected chi connectivity index (χ2v) is 6.75. The molecule has 1 aliphatic carbocycles. The summed E-state index contributed by atoms with van der Waals surface area (Å²) in [6.07, 6.45) is 3.78. The van der Waals surface area contributed by atoms with Gasteiger partial charge in [0.15, 0.2) is 17.3 Å². The smallest absolute Gasteiger partial charge is 0.309 e. The van der Waals surface area contributed by atoms with E-state index >= 15 is 0 Å². The Kier molecular flexibility index (Phi) is 4.69. The van der Waals surface area contributed by atoms with Gasteiger partial charge in [-0.1, -0.05) is 6.07 Å². The number of carbonyl (C=O) groups is 2. The Labute approximate surface area is 151 Å². The van der Waals surface area contributed by atoms with Gasteiger partial charge in [0, 0.05) is 25.9 Å². The summed E-state index contributed by atoms with van der Waals surface area (Å²) < 4.78 is 22.2. The minimum absolute atomic E-state index is 0.196. The summed E-state index contributed by atoms with van der Waals surface area (Å²) in [5.74, 6) is -0.507. The van der Waals surface area contributed by atoms with Gasteiger partial charge in [0.2, 0.25) is 6.79 Å². The van der Waals surface area contributed by atoms with Crippen LogP contribution in [-0.2, 0) is 25.6 Å². The molecular formula is C18H22N2O6. The van der Waals surface area contributed by atoms with E-state index in [1.807, 2.05) is 6.07 Å². The van der Waals surface area contributed by atoms with E-state index in [0.717, 1.165) is 31.2 Å². The van der Waals surface area contributed by atoms with E-state index in [1.165, 1.54) is 0 Å². The average molecular weight is 362 g/mol. The Morgan fingerprint density at radius 3 is 2.69 bits per heavy atom. The summed E-state index contributed by atoms with van der Waals surface area (Å²) in [7, 11) is 0. The highest BCUT2D eigenvalue weighted by Crippen LogP contribution is 2.39. The Morgan fingerprint density at radius 2 is 1.85 bits per heavy atom. The molecule has 8 nitrogen and oxygen atoms in total. The largest absolute Gasteiger partial charge is 0.454 e. The molecule has 2 heterocycles. The van der Waals surface area contributed by atoms with E-state index in [-0.39, 0.29) is 26.0 Å². The lowest BCUT2D eigenvalue weighted by Gasteiger charge is -2.21. The van der Waals surface area contributed by atoms with Crippen LogP contribution in [0.15, 0.2) is 18.2 Å². The van der Waals surface area contributed by atoms with Crippen molar-refractivity contribution in [2.75, 3.05) is 19.9 Å². The zero-order valence-electron chi connectivity index (χ0n) is 14.4. The highest BCUT2D eigenvalue weighted by Gasteiger charge is 2.43. The summed E-state index contributed by atoms with van der Waals surface area (Å²) in [5.41, 5.74) is 0.825. The highest BCUT2D eigenvalue weighted by atomic mass is 16.7. The number of nitrogens with one attached hydrogen (secondary N) is 2. The van der Waals surface area contributed by atoms with Gasteiger partial charge >= 0.3 is 11.8 Å². The molecule has 4 rings (SSSR count). The van der Waals surface area contributed by atoms with Crippen molar-refractivity contribution in [3.05, 3.63) is 23.8 Å². The minimum Gasteiger partial charge on any atom is -0.454 e. The fourth-order valence-corrected chi connectivity index (χ4v) is 3.49. The predicted octanol–water partition coefficient (Wildman–Crippen LogP) is 0.833. The van der Waals surface area contributed by atoms with Crippen LogP contribution in [0.3, 0.4) is 0 Å². The van der Waals surface area contributed by atoms with Crippen molar-refractivity contribution in [2.24, 2.45) is 0 Å². The fourth-order valence-electron chi connectivity index (χ4n) is 3.49. The van der Waals surface area contributed by atoms with Crippen molar-refractivity contribution in [1.82, 2.24) is 10.6 Å². The van der Waals surface area contributed by atoms with Gasteiger partial charge in [0.1, 0.15) is 6.10 Å². The quantitative estimate of drug-likeness (QED) is 0.771. The summed E-state index contributed by atoms with van der Waals surface area (Å²) >= 11 is 0. The summed E-state index contributed by atoms with van der Waals surface area (Å²) in [4.78, 5) is 23.9. The van der Waals surface area contributed by atoms with Crippen molar-refractivity contribution in [2.45, 2.75) is 44.1 Å². The topological polar surface area (TPSA) is 95.1 Å². The molecule has 1 aromatic carbocycles. The van der Waals surface area contributed by atoms with Gasteiger partial charge in [-0.15, -0.1) is 0 Å². The summed E-state index contributed by atoms with van der Waals surface area (Å²) in [6.45, 7) is 1.13. The van der Waals surface area contributed by atoms with Crippen molar-refractivity contribution in [3.63, 3.8) is 0 Å². The van der Waals surface area contributed by atoms with Gasteiger partial charge < -0.3 is 29.6 Å². The molecule has 3 aliphatic rings. The standard InChI is InChI=1S/C18H22N2O6/c21-16(19-8-12-3-4-14-15(7-12)24-11-23-14)17(22)20-9-13-10-25-18(26-13)5-1-2-6-18/h3-4,7,13H,1-2,5-6,8-11H2,(H,19,21)(H,20,22). The van der Waals surface area contributed by atoms with Crippen LogP contribution in [0.1, 0.15) is 31.2 Å². The van der Waals surface area contributed by atoms with Crippen molar-refractivity contribution >= 4 is 11.8 Å². The van der Waals surface area contributed by atoms with Crippen LogP contribution in [0.4, 0.5) is 0 Å². The number of carbonyl (C=O) groups excluding carboxylic acids is 2. The lowest BCUT2D eigenvalue weighted by molar-refractivity contribution is -0.161. The number of amides is 2. The molecule has 1 atom stereocenters. The van der Waals surface area contributed by atoms with E-state index in [0.29, 0.717) is 18.1 Å². The van der Waals surface area contributed by atoms with Crippen LogP contribution < -0.4 is 20.1 Å². The summed E-state index contributed by atoms with van der Waals surface area (Å²) in [6, 6.07) is 5.38. The first kappa shape index (κ1) is 17.1. The van der Waals surface area contributed by atoms with Crippen LogP contribution >= 0.6 is 0 Å². The Morgan fingerprint density at radius 1 is 1.08 bits per heavy atom. The Hall–Kier alpha value is -2.32. The molecule has 1 unspecified atom stereocenters. The fraction of sp³-hybridized carbons (Fsp3) is 0.556. The average Bonchev–Trinajstić information content (AvgIpc) is 3.39. The molecule has 26 heavy (non-hydrogen) atoms. The first-order valence-electron chi connectivity index (χ1n) is 8.90. The molecule has 0 bridgehead atoms. The van der Waals surface area contributed by atoms with Crippen LogP contribution in [0.5, 0.6) is 11.5 Å². The van der Waals surface area contributed by atoms with E-state index in [4.69, 9.17) is 18.9 Å². The lowest BCUT2D eigenvalue weighted by atomic mass is 10.2. The second-order valence-electron chi connectivity index (χ2n) is 6.75. The van der Waals surface area contributed by atoms with Crippen LogP contribution in [0.25, 0.3) is 0 Å². The van der Waals surface area contributed by atoms with Crippen LogP contribution in [0, 0.1) is 0 Å². The molecular weight excluding hydrogens is 340 g/mol. The third-order valence-corrected chi connectivity index (χ3v) is 4.87. The second kappa shape index (κ2) is 7.13. The number of hydrogen-bond acceptors (Lipinski definition) is 6. The minimum atomic E-state index is -0.683. The number of fused-ring (bicyclic) bond motifs is 1. The van der Waals surface area contributed by atoms with E-state index in [9.17, 15) is 9.59 Å².